The molecule has 2 aliphatic rings. The third kappa shape index (κ3) is 2.91. The lowest BCUT2D eigenvalue weighted by Gasteiger charge is -2.42. The number of nitrogens with zero attached hydrogens (tertiary/aromatic N) is 1. The van der Waals surface area contributed by atoms with E-state index in [2.05, 4.69) is 26.1 Å². The quantitative estimate of drug-likeness (QED) is 0.910. The van der Waals surface area contributed by atoms with E-state index in [-0.39, 0.29) is 18.0 Å². The van der Waals surface area contributed by atoms with E-state index in [1.54, 1.807) is 6.07 Å². The van der Waals surface area contributed by atoms with Gasteiger partial charge in [-0.2, -0.15) is 0 Å². The highest BCUT2D eigenvalue weighted by Gasteiger charge is 2.42. The first kappa shape index (κ1) is 14.4. The van der Waals surface area contributed by atoms with Gasteiger partial charge in [0.05, 0.1) is 18.8 Å². The first-order valence-electron chi connectivity index (χ1n) is 7.17. The second-order valence-electron chi connectivity index (χ2n) is 5.55. The van der Waals surface area contributed by atoms with Crippen molar-refractivity contribution in [1.29, 1.82) is 0 Å². The Morgan fingerprint density at radius 2 is 2.25 bits per heavy atom. The molecule has 0 spiro atoms. The van der Waals surface area contributed by atoms with Crippen LogP contribution < -0.4 is 5.32 Å². The fourth-order valence-corrected chi connectivity index (χ4v) is 3.44. The molecule has 0 bridgehead atoms. The number of benzene rings is 1. The summed E-state index contributed by atoms with van der Waals surface area (Å²) in [7, 11) is 1.91. The zero-order valence-corrected chi connectivity index (χ0v) is 13.2. The Bertz CT molecular complexity index is 479. The maximum Gasteiger partial charge on any atom is 0.128 e. The van der Waals surface area contributed by atoms with Crippen LogP contribution in [0.2, 0.25) is 0 Å². The molecule has 1 aliphatic carbocycles. The first-order chi connectivity index (χ1) is 9.70. The molecule has 1 aliphatic heterocycles. The molecule has 1 aromatic carbocycles. The second kappa shape index (κ2) is 6.10. The fourth-order valence-electron chi connectivity index (χ4n) is 3.06. The molecule has 0 amide bonds. The highest BCUT2D eigenvalue weighted by Crippen LogP contribution is 2.40. The van der Waals surface area contributed by atoms with Crippen molar-refractivity contribution in [1.82, 2.24) is 10.2 Å². The van der Waals surface area contributed by atoms with Crippen LogP contribution in [0.4, 0.5) is 4.39 Å². The van der Waals surface area contributed by atoms with Crippen molar-refractivity contribution in [3.8, 4) is 0 Å². The van der Waals surface area contributed by atoms with Gasteiger partial charge in [-0.1, -0.05) is 15.9 Å². The minimum atomic E-state index is -0.143. The minimum Gasteiger partial charge on any atom is -0.374 e. The summed E-state index contributed by atoms with van der Waals surface area (Å²) in [6.07, 6.45) is 2.44. The fraction of sp³-hybridized carbons (Fsp3) is 0.600. The van der Waals surface area contributed by atoms with Crippen molar-refractivity contribution >= 4 is 15.9 Å². The third-order valence-corrected chi connectivity index (χ3v) is 4.58. The lowest BCUT2D eigenvalue weighted by atomic mass is 9.97. The molecule has 110 valence electrons. The Balaban J connectivity index is 1.95. The average Bonchev–Trinajstić information content (AvgIpc) is 3.26. The zero-order chi connectivity index (χ0) is 14.1. The Kier molecular flexibility index (Phi) is 4.40. The predicted molar refractivity (Wildman–Crippen MR) is 80.2 cm³/mol. The number of hydrogen-bond donors (Lipinski definition) is 1. The van der Waals surface area contributed by atoms with Crippen LogP contribution in [0.1, 0.15) is 24.4 Å². The van der Waals surface area contributed by atoms with Crippen molar-refractivity contribution in [2.75, 3.05) is 26.7 Å². The molecule has 2 atom stereocenters. The van der Waals surface area contributed by atoms with E-state index in [4.69, 9.17) is 4.74 Å². The smallest absolute Gasteiger partial charge is 0.128 e. The van der Waals surface area contributed by atoms with Crippen LogP contribution >= 0.6 is 15.9 Å². The summed E-state index contributed by atoms with van der Waals surface area (Å²) < 4.78 is 21.1. The van der Waals surface area contributed by atoms with E-state index in [0.717, 1.165) is 29.7 Å². The topological polar surface area (TPSA) is 24.5 Å². The van der Waals surface area contributed by atoms with Gasteiger partial charge in [-0.15, -0.1) is 0 Å². The predicted octanol–water partition coefficient (Wildman–Crippen LogP) is 2.71. The van der Waals surface area contributed by atoms with Gasteiger partial charge in [-0.3, -0.25) is 4.90 Å². The van der Waals surface area contributed by atoms with Gasteiger partial charge in [0.1, 0.15) is 5.82 Å². The molecule has 0 radical (unpaired) electrons. The molecule has 3 nitrogen and oxygen atoms in total. The van der Waals surface area contributed by atoms with Crippen LogP contribution in [-0.4, -0.2) is 43.8 Å². The molecular weight excluding hydrogens is 323 g/mol. The van der Waals surface area contributed by atoms with E-state index in [1.807, 2.05) is 13.1 Å². The van der Waals surface area contributed by atoms with Crippen molar-refractivity contribution < 1.29 is 9.13 Å². The van der Waals surface area contributed by atoms with Crippen molar-refractivity contribution in [2.24, 2.45) is 0 Å². The molecule has 2 fully saturated rings. The molecule has 1 N–H and O–H groups in total. The molecule has 1 saturated heterocycles. The second-order valence-corrected chi connectivity index (χ2v) is 6.46. The SMILES string of the molecule is CNCC1OCCN(C2CC2)C1c1cc(Br)ccc1F. The minimum absolute atomic E-state index is 0.00111. The maximum absolute atomic E-state index is 14.3. The van der Waals surface area contributed by atoms with Gasteiger partial charge in [-0.05, 0) is 38.1 Å². The monoisotopic (exact) mass is 342 g/mol. The number of halogens is 2. The number of ether oxygens (including phenoxy) is 1. The number of hydrogen-bond acceptors (Lipinski definition) is 3. The molecule has 20 heavy (non-hydrogen) atoms. The van der Waals surface area contributed by atoms with Crippen molar-refractivity contribution in [2.45, 2.75) is 31.0 Å². The largest absolute Gasteiger partial charge is 0.374 e. The molecule has 5 heteroatoms. The van der Waals surface area contributed by atoms with Crippen LogP contribution in [0.5, 0.6) is 0 Å². The molecule has 1 heterocycles. The van der Waals surface area contributed by atoms with E-state index >= 15 is 0 Å². The normalized spacial score (nSPS) is 27.8. The van der Waals surface area contributed by atoms with Gasteiger partial charge in [0.15, 0.2) is 0 Å². The van der Waals surface area contributed by atoms with Crippen LogP contribution in [-0.2, 0) is 4.74 Å². The average molecular weight is 343 g/mol. The van der Waals surface area contributed by atoms with Gasteiger partial charge in [0.2, 0.25) is 0 Å². The number of morpholine rings is 1. The van der Waals surface area contributed by atoms with Gasteiger partial charge >= 0.3 is 0 Å². The molecule has 3 rings (SSSR count). The lowest BCUT2D eigenvalue weighted by molar-refractivity contribution is -0.0750. The van der Waals surface area contributed by atoms with E-state index in [0.29, 0.717) is 6.04 Å². The van der Waals surface area contributed by atoms with Gasteiger partial charge in [0.25, 0.3) is 0 Å². The number of likely N-dealkylation sites (N-methyl/N-ethyl adjacent to an activating group) is 1. The summed E-state index contributed by atoms with van der Waals surface area (Å²) in [5.74, 6) is -0.143. The molecule has 0 aromatic heterocycles. The summed E-state index contributed by atoms with van der Waals surface area (Å²) >= 11 is 3.45. The summed E-state index contributed by atoms with van der Waals surface area (Å²) in [4.78, 5) is 2.43. The molecule has 1 aromatic rings. The summed E-state index contributed by atoms with van der Waals surface area (Å²) in [6, 6.07) is 5.78. The van der Waals surface area contributed by atoms with E-state index < -0.39 is 0 Å². The van der Waals surface area contributed by atoms with Gasteiger partial charge in [0, 0.05) is 29.2 Å². The van der Waals surface area contributed by atoms with Crippen LogP contribution in [0.15, 0.2) is 22.7 Å². The van der Waals surface area contributed by atoms with Crippen LogP contribution in [0, 0.1) is 5.82 Å². The number of rotatable bonds is 4. The van der Waals surface area contributed by atoms with Gasteiger partial charge in [-0.25, -0.2) is 4.39 Å². The summed E-state index contributed by atoms with van der Waals surface area (Å²) in [5, 5.41) is 3.17. The molecular formula is C15H20BrFN2O. The van der Waals surface area contributed by atoms with Crippen molar-refractivity contribution in [3.05, 3.63) is 34.1 Å². The highest BCUT2D eigenvalue weighted by atomic mass is 79.9. The zero-order valence-electron chi connectivity index (χ0n) is 11.6. The maximum atomic E-state index is 14.3. The Hall–Kier alpha value is -0.490. The van der Waals surface area contributed by atoms with Gasteiger partial charge < -0.3 is 10.1 Å². The standard InChI is InChI=1S/C15H20BrFN2O/c1-18-9-14-15(12-8-10(16)2-5-13(12)17)19(6-7-20-14)11-3-4-11/h2,5,8,11,14-15,18H,3-4,6-7,9H2,1H3. The van der Waals surface area contributed by atoms with E-state index in [1.165, 1.54) is 18.9 Å². The third-order valence-electron chi connectivity index (χ3n) is 4.09. The molecule has 2 unspecified atom stereocenters. The molecule has 1 saturated carbocycles. The van der Waals surface area contributed by atoms with Crippen molar-refractivity contribution in [3.63, 3.8) is 0 Å². The summed E-state index contributed by atoms with van der Waals surface area (Å²) in [6.45, 7) is 2.36. The number of nitrogens with one attached hydrogen (secondary N) is 1. The first-order valence-corrected chi connectivity index (χ1v) is 7.97. The Morgan fingerprint density at radius 3 is 2.95 bits per heavy atom. The summed E-state index contributed by atoms with van der Waals surface area (Å²) in [5.41, 5.74) is 0.742. The van der Waals surface area contributed by atoms with Crippen LogP contribution in [0.25, 0.3) is 0 Å². The van der Waals surface area contributed by atoms with E-state index in [9.17, 15) is 4.39 Å². The Labute approximate surface area is 127 Å². The lowest BCUT2D eigenvalue weighted by Crippen LogP contribution is -2.49. The highest BCUT2D eigenvalue weighted by molar-refractivity contribution is 9.10. The Morgan fingerprint density at radius 1 is 1.45 bits per heavy atom. The van der Waals surface area contributed by atoms with Crippen LogP contribution in [0.3, 0.4) is 0 Å².